The number of hydrogen-bond donors (Lipinski definition) is 2. The fourth-order valence-electron chi connectivity index (χ4n) is 5.29. The average Bonchev–Trinajstić information content (AvgIpc) is 3.19. The molecule has 8 nitrogen and oxygen atoms in total. The number of nitrogens with one attached hydrogen (secondary N) is 2. The third kappa shape index (κ3) is 3.85. The van der Waals surface area contributed by atoms with Crippen LogP contribution in [0, 0.1) is 23.2 Å². The Labute approximate surface area is 172 Å². The van der Waals surface area contributed by atoms with Crippen molar-refractivity contribution in [1.29, 1.82) is 5.26 Å². The zero-order valence-corrected chi connectivity index (χ0v) is 17.2. The molecule has 0 radical (unpaired) electrons. The molecule has 0 aromatic rings. The van der Waals surface area contributed by atoms with Gasteiger partial charge in [0, 0.05) is 19.0 Å². The van der Waals surface area contributed by atoms with Gasteiger partial charge in [0.2, 0.25) is 17.7 Å². The highest BCUT2D eigenvalue weighted by molar-refractivity contribution is 5.94. The van der Waals surface area contributed by atoms with E-state index in [9.17, 15) is 19.6 Å². The van der Waals surface area contributed by atoms with Gasteiger partial charge in [0.15, 0.2) is 0 Å². The Hall–Kier alpha value is -2.14. The minimum Gasteiger partial charge on any atom is -0.356 e. The first-order chi connectivity index (χ1) is 13.9. The number of nitrogens with zero attached hydrogens (tertiary/aromatic N) is 3. The Balaban J connectivity index is 1.45. The van der Waals surface area contributed by atoms with E-state index < -0.39 is 17.6 Å². The first-order valence-corrected chi connectivity index (χ1v) is 10.9. The summed E-state index contributed by atoms with van der Waals surface area (Å²) in [7, 11) is 2.00. The van der Waals surface area contributed by atoms with Crippen molar-refractivity contribution >= 4 is 17.7 Å². The first kappa shape index (κ1) is 20.1. The van der Waals surface area contributed by atoms with Gasteiger partial charge >= 0.3 is 0 Å². The standard InChI is InChI=1S/C21H31N5O3/c1-25-9-2-6-21(25)7-10-26(20(21)29)17(11-14-3-4-14)19(28)24-16(13-22)12-15-5-8-23-18(15)27/h14-17H,2-12H2,1H3,(H,23,27)(H,24,28). The molecule has 1 aliphatic carbocycles. The van der Waals surface area contributed by atoms with Gasteiger partial charge in [-0.05, 0) is 58.0 Å². The lowest BCUT2D eigenvalue weighted by molar-refractivity contribution is -0.143. The summed E-state index contributed by atoms with van der Waals surface area (Å²) in [5.74, 6) is 0.0352. The third-order valence-electron chi connectivity index (χ3n) is 7.33. The van der Waals surface area contributed by atoms with Gasteiger partial charge in [-0.25, -0.2) is 0 Å². The molecule has 4 atom stereocenters. The summed E-state index contributed by atoms with van der Waals surface area (Å²) in [5, 5.41) is 15.2. The van der Waals surface area contributed by atoms with Gasteiger partial charge in [0.05, 0.1) is 6.07 Å². The number of amides is 3. The summed E-state index contributed by atoms with van der Waals surface area (Å²) in [5.41, 5.74) is -0.446. The van der Waals surface area contributed by atoms with E-state index in [1.165, 1.54) is 0 Å². The topological polar surface area (TPSA) is 106 Å². The molecule has 4 aliphatic rings. The number of carbonyl (C=O) groups is 3. The smallest absolute Gasteiger partial charge is 0.243 e. The highest BCUT2D eigenvalue weighted by Gasteiger charge is 2.54. The molecule has 4 rings (SSSR count). The second-order valence-corrected chi connectivity index (χ2v) is 9.20. The van der Waals surface area contributed by atoms with E-state index in [2.05, 4.69) is 21.6 Å². The maximum Gasteiger partial charge on any atom is 0.243 e. The number of likely N-dealkylation sites (N-methyl/N-ethyl adjacent to an activating group) is 1. The predicted molar refractivity (Wildman–Crippen MR) is 105 cm³/mol. The van der Waals surface area contributed by atoms with Crippen LogP contribution in [0.15, 0.2) is 0 Å². The molecule has 3 saturated heterocycles. The molecule has 4 unspecified atom stereocenters. The lowest BCUT2D eigenvalue weighted by Gasteiger charge is -2.33. The summed E-state index contributed by atoms with van der Waals surface area (Å²) in [6.07, 6.45) is 6.51. The van der Waals surface area contributed by atoms with E-state index in [0.29, 0.717) is 38.3 Å². The van der Waals surface area contributed by atoms with Gasteiger partial charge in [-0.1, -0.05) is 12.8 Å². The van der Waals surface area contributed by atoms with Gasteiger partial charge in [-0.15, -0.1) is 0 Å². The van der Waals surface area contributed by atoms with E-state index in [1.807, 2.05) is 7.05 Å². The summed E-state index contributed by atoms with van der Waals surface area (Å²) in [6, 6.07) is 0.912. The summed E-state index contributed by atoms with van der Waals surface area (Å²) < 4.78 is 0. The fourth-order valence-corrected chi connectivity index (χ4v) is 5.29. The summed E-state index contributed by atoms with van der Waals surface area (Å²) in [4.78, 5) is 42.3. The lowest BCUT2D eigenvalue weighted by Crippen LogP contribution is -2.55. The van der Waals surface area contributed by atoms with Crippen molar-refractivity contribution in [3.63, 3.8) is 0 Å². The Morgan fingerprint density at radius 3 is 2.66 bits per heavy atom. The highest BCUT2D eigenvalue weighted by Crippen LogP contribution is 2.41. The third-order valence-corrected chi connectivity index (χ3v) is 7.33. The molecule has 2 N–H and O–H groups in total. The highest BCUT2D eigenvalue weighted by atomic mass is 16.2. The maximum absolute atomic E-state index is 13.4. The van der Waals surface area contributed by atoms with Gasteiger partial charge < -0.3 is 15.5 Å². The predicted octanol–water partition coefficient (Wildman–Crippen LogP) is 0.386. The van der Waals surface area contributed by atoms with Gasteiger partial charge in [0.25, 0.3) is 0 Å². The van der Waals surface area contributed by atoms with Crippen molar-refractivity contribution in [3.8, 4) is 6.07 Å². The fraction of sp³-hybridized carbons (Fsp3) is 0.810. The zero-order valence-electron chi connectivity index (χ0n) is 17.2. The average molecular weight is 402 g/mol. The van der Waals surface area contributed by atoms with Crippen LogP contribution in [0.2, 0.25) is 0 Å². The second kappa shape index (κ2) is 7.94. The van der Waals surface area contributed by atoms with Gasteiger partial charge in [-0.3, -0.25) is 19.3 Å². The molecule has 1 spiro atoms. The van der Waals surface area contributed by atoms with Crippen molar-refractivity contribution in [2.24, 2.45) is 11.8 Å². The SMILES string of the molecule is CN1CCCC12CCN(C(CC1CC1)C(=O)NC(C#N)CC1CCNC1=O)C2=O. The summed E-state index contributed by atoms with van der Waals surface area (Å²) >= 11 is 0. The number of hydrogen-bond acceptors (Lipinski definition) is 5. The van der Waals surface area contributed by atoms with Crippen LogP contribution in [0.25, 0.3) is 0 Å². The van der Waals surface area contributed by atoms with Crippen LogP contribution in [0.3, 0.4) is 0 Å². The molecule has 4 fully saturated rings. The van der Waals surface area contributed by atoms with Crippen molar-refractivity contribution in [2.75, 3.05) is 26.7 Å². The Morgan fingerprint density at radius 1 is 1.28 bits per heavy atom. The van der Waals surface area contributed by atoms with Crippen molar-refractivity contribution in [3.05, 3.63) is 0 Å². The molecule has 0 aromatic heterocycles. The van der Waals surface area contributed by atoms with Crippen molar-refractivity contribution in [2.45, 2.75) is 69.0 Å². The van der Waals surface area contributed by atoms with E-state index in [0.717, 1.165) is 38.6 Å². The minimum atomic E-state index is -0.709. The van der Waals surface area contributed by atoms with E-state index in [-0.39, 0.29) is 23.6 Å². The van der Waals surface area contributed by atoms with Crippen molar-refractivity contribution in [1.82, 2.24) is 20.4 Å². The Bertz CT molecular complexity index is 730. The maximum atomic E-state index is 13.4. The molecule has 0 bridgehead atoms. The van der Waals surface area contributed by atoms with Crippen LogP contribution in [-0.4, -0.2) is 71.8 Å². The monoisotopic (exact) mass is 401 g/mol. The van der Waals surface area contributed by atoms with Gasteiger partial charge in [-0.2, -0.15) is 5.26 Å². The van der Waals surface area contributed by atoms with Crippen molar-refractivity contribution < 1.29 is 14.4 Å². The number of carbonyl (C=O) groups excluding carboxylic acids is 3. The van der Waals surface area contributed by atoms with Crippen LogP contribution in [0.4, 0.5) is 0 Å². The Morgan fingerprint density at radius 2 is 2.07 bits per heavy atom. The van der Waals surface area contributed by atoms with Crippen LogP contribution in [-0.2, 0) is 14.4 Å². The molecule has 8 heteroatoms. The molecule has 1 saturated carbocycles. The number of likely N-dealkylation sites (tertiary alicyclic amines) is 2. The molecular weight excluding hydrogens is 370 g/mol. The molecule has 158 valence electrons. The molecule has 3 heterocycles. The number of nitriles is 1. The van der Waals surface area contributed by atoms with Gasteiger partial charge in [0.1, 0.15) is 17.6 Å². The first-order valence-electron chi connectivity index (χ1n) is 10.9. The molecule has 3 amide bonds. The van der Waals surface area contributed by atoms with E-state index in [1.54, 1.807) is 4.90 Å². The van der Waals surface area contributed by atoms with E-state index >= 15 is 0 Å². The van der Waals surface area contributed by atoms with Crippen LogP contribution >= 0.6 is 0 Å². The van der Waals surface area contributed by atoms with E-state index in [4.69, 9.17) is 0 Å². The summed E-state index contributed by atoms with van der Waals surface area (Å²) in [6.45, 7) is 2.13. The molecule has 3 aliphatic heterocycles. The Kier molecular flexibility index (Phi) is 5.52. The van der Waals surface area contributed by atoms with Crippen LogP contribution in [0.1, 0.15) is 51.4 Å². The van der Waals surface area contributed by atoms with Crippen LogP contribution < -0.4 is 10.6 Å². The lowest BCUT2D eigenvalue weighted by atomic mass is 9.94. The minimum absolute atomic E-state index is 0.0463. The molecular formula is C21H31N5O3. The second-order valence-electron chi connectivity index (χ2n) is 9.20. The molecule has 0 aromatic carbocycles. The molecule has 29 heavy (non-hydrogen) atoms. The van der Waals surface area contributed by atoms with Crippen LogP contribution in [0.5, 0.6) is 0 Å². The largest absolute Gasteiger partial charge is 0.356 e. The number of rotatable bonds is 7. The zero-order chi connectivity index (χ0) is 20.6. The normalized spacial score (nSPS) is 31.7. The quantitative estimate of drug-likeness (QED) is 0.642.